The number of carboxylic acid groups (broad SMARTS) is 1. The first-order chi connectivity index (χ1) is 10.0. The van der Waals surface area contributed by atoms with E-state index in [1.165, 1.54) is 18.2 Å². The molecule has 1 aromatic rings. The molecular formula is C13H16BrN3O4. The zero-order valence-electron chi connectivity index (χ0n) is 11.5. The highest BCUT2D eigenvalue weighted by atomic mass is 79.9. The van der Waals surface area contributed by atoms with Crippen LogP contribution in [0.1, 0.15) is 23.3 Å². The molecule has 7 nitrogen and oxygen atoms in total. The van der Waals surface area contributed by atoms with Crippen LogP contribution in [-0.2, 0) is 0 Å². The minimum atomic E-state index is -0.918. The van der Waals surface area contributed by atoms with Crippen LogP contribution in [0.5, 0.6) is 5.75 Å². The largest absolute Gasteiger partial charge is 0.495 e. The number of hydrogen-bond donors (Lipinski definition) is 2. The van der Waals surface area contributed by atoms with Gasteiger partial charge in [-0.25, -0.2) is 9.78 Å². The van der Waals surface area contributed by atoms with Crippen LogP contribution in [0.15, 0.2) is 16.7 Å². The molecule has 8 heteroatoms. The van der Waals surface area contributed by atoms with Gasteiger partial charge >= 0.3 is 6.09 Å². The molecule has 0 radical (unpaired) electrons. The summed E-state index contributed by atoms with van der Waals surface area (Å²) in [7, 11) is 1.52. The van der Waals surface area contributed by atoms with Gasteiger partial charge in [-0.1, -0.05) is 0 Å². The number of aromatic nitrogens is 1. The maximum absolute atomic E-state index is 12.1. The van der Waals surface area contributed by atoms with Crippen molar-refractivity contribution in [3.05, 3.63) is 22.4 Å². The quantitative estimate of drug-likeness (QED) is 0.859. The van der Waals surface area contributed by atoms with Gasteiger partial charge in [-0.15, -0.1) is 0 Å². The van der Waals surface area contributed by atoms with E-state index in [-0.39, 0.29) is 17.6 Å². The Kier molecular flexibility index (Phi) is 5.00. The molecule has 0 atom stereocenters. The lowest BCUT2D eigenvalue weighted by Crippen LogP contribution is -2.46. The summed E-state index contributed by atoms with van der Waals surface area (Å²) in [6, 6.07) is 1.52. The summed E-state index contributed by atoms with van der Waals surface area (Å²) in [5.74, 6) is 0.255. The van der Waals surface area contributed by atoms with Crippen molar-refractivity contribution in [2.75, 3.05) is 20.2 Å². The van der Waals surface area contributed by atoms with Gasteiger partial charge in [0.15, 0.2) is 0 Å². The van der Waals surface area contributed by atoms with Crippen molar-refractivity contribution in [2.24, 2.45) is 0 Å². The summed E-state index contributed by atoms with van der Waals surface area (Å²) in [5, 5.41) is 11.8. The van der Waals surface area contributed by atoms with Crippen molar-refractivity contribution < 1.29 is 19.4 Å². The Morgan fingerprint density at radius 2 is 2.14 bits per heavy atom. The predicted octanol–water partition coefficient (Wildman–Crippen LogP) is 1.72. The first kappa shape index (κ1) is 15.6. The van der Waals surface area contributed by atoms with E-state index in [1.54, 1.807) is 6.07 Å². The first-order valence-corrected chi connectivity index (χ1v) is 7.29. The molecule has 21 heavy (non-hydrogen) atoms. The second kappa shape index (κ2) is 6.75. The van der Waals surface area contributed by atoms with E-state index in [0.717, 1.165) is 0 Å². The Bertz CT molecular complexity index is 544. The number of ether oxygens (including phenoxy) is 1. The third-order valence-electron chi connectivity index (χ3n) is 3.37. The fraction of sp³-hybridized carbons (Fsp3) is 0.462. The molecule has 0 aliphatic carbocycles. The minimum absolute atomic E-state index is 0.0375. The number of carbonyl (C=O) groups excluding carboxylic acids is 1. The van der Waals surface area contributed by atoms with Crippen LogP contribution in [0.2, 0.25) is 0 Å². The van der Waals surface area contributed by atoms with Crippen molar-refractivity contribution in [3.63, 3.8) is 0 Å². The molecule has 1 aliphatic heterocycles. The summed E-state index contributed by atoms with van der Waals surface area (Å²) in [4.78, 5) is 28.4. The highest BCUT2D eigenvalue weighted by molar-refractivity contribution is 9.10. The fourth-order valence-electron chi connectivity index (χ4n) is 2.18. The number of likely N-dealkylation sites (tertiary alicyclic amines) is 1. The third-order valence-corrected chi connectivity index (χ3v) is 3.97. The lowest BCUT2D eigenvalue weighted by Gasteiger charge is -2.30. The molecule has 2 N–H and O–H groups in total. The number of halogens is 1. The lowest BCUT2D eigenvalue weighted by molar-refractivity contribution is 0.0902. The number of rotatable bonds is 3. The van der Waals surface area contributed by atoms with Crippen LogP contribution < -0.4 is 10.1 Å². The Balaban J connectivity index is 1.95. The molecule has 114 valence electrons. The number of pyridine rings is 1. The van der Waals surface area contributed by atoms with Crippen molar-refractivity contribution >= 4 is 27.9 Å². The predicted molar refractivity (Wildman–Crippen MR) is 78.6 cm³/mol. The van der Waals surface area contributed by atoms with Crippen LogP contribution >= 0.6 is 15.9 Å². The van der Waals surface area contributed by atoms with Gasteiger partial charge in [0.2, 0.25) is 0 Å². The van der Waals surface area contributed by atoms with Crippen LogP contribution in [0, 0.1) is 0 Å². The molecule has 0 unspecified atom stereocenters. The van der Waals surface area contributed by atoms with Crippen LogP contribution in [0.25, 0.3) is 0 Å². The molecule has 1 aromatic heterocycles. The van der Waals surface area contributed by atoms with Crippen LogP contribution in [0.4, 0.5) is 4.79 Å². The summed E-state index contributed by atoms with van der Waals surface area (Å²) in [5.41, 5.74) is 0.274. The Morgan fingerprint density at radius 1 is 1.48 bits per heavy atom. The molecule has 0 spiro atoms. The van der Waals surface area contributed by atoms with Crippen LogP contribution in [-0.4, -0.2) is 53.2 Å². The standard InChI is InChI=1S/C13H16BrN3O4/c1-21-11-6-10(15-7-9(11)14)12(18)16-8-2-4-17(5-3-8)13(19)20/h6-8H,2-5H2,1H3,(H,16,18)(H,19,20). The monoisotopic (exact) mass is 357 g/mol. The van der Waals surface area contributed by atoms with E-state index in [1.807, 2.05) is 0 Å². The SMILES string of the molecule is COc1cc(C(=O)NC2CCN(C(=O)O)CC2)ncc1Br. The molecule has 2 rings (SSSR count). The minimum Gasteiger partial charge on any atom is -0.495 e. The van der Waals surface area contributed by atoms with Gasteiger partial charge in [0.05, 0.1) is 11.6 Å². The van der Waals surface area contributed by atoms with E-state index in [9.17, 15) is 9.59 Å². The van der Waals surface area contributed by atoms with E-state index in [4.69, 9.17) is 9.84 Å². The van der Waals surface area contributed by atoms with Crippen molar-refractivity contribution in [3.8, 4) is 5.75 Å². The van der Waals surface area contributed by atoms with E-state index in [0.29, 0.717) is 36.2 Å². The maximum Gasteiger partial charge on any atom is 0.407 e. The van der Waals surface area contributed by atoms with Crippen molar-refractivity contribution in [1.29, 1.82) is 0 Å². The molecule has 2 amide bonds. The summed E-state index contributed by atoms with van der Waals surface area (Å²) in [6.07, 6.45) is 1.80. The number of carbonyl (C=O) groups is 2. The van der Waals surface area contributed by atoms with E-state index in [2.05, 4.69) is 26.2 Å². The smallest absolute Gasteiger partial charge is 0.407 e. The van der Waals surface area contributed by atoms with Crippen LogP contribution in [0.3, 0.4) is 0 Å². The van der Waals surface area contributed by atoms with Gasteiger partial charge in [0.25, 0.3) is 5.91 Å². The van der Waals surface area contributed by atoms with Gasteiger partial charge in [-0.3, -0.25) is 4.79 Å². The zero-order valence-corrected chi connectivity index (χ0v) is 13.1. The third kappa shape index (κ3) is 3.84. The van der Waals surface area contributed by atoms with Gasteiger partial charge in [0, 0.05) is 31.4 Å². The summed E-state index contributed by atoms with van der Waals surface area (Å²) < 4.78 is 5.80. The highest BCUT2D eigenvalue weighted by Gasteiger charge is 2.24. The average molecular weight is 358 g/mol. The average Bonchev–Trinajstić information content (AvgIpc) is 2.48. The van der Waals surface area contributed by atoms with Crippen molar-refractivity contribution in [1.82, 2.24) is 15.2 Å². The van der Waals surface area contributed by atoms with Gasteiger partial charge in [-0.05, 0) is 28.8 Å². The van der Waals surface area contributed by atoms with Gasteiger partial charge in [-0.2, -0.15) is 0 Å². The highest BCUT2D eigenvalue weighted by Crippen LogP contribution is 2.24. The second-order valence-electron chi connectivity index (χ2n) is 4.72. The molecule has 1 fully saturated rings. The lowest BCUT2D eigenvalue weighted by atomic mass is 10.1. The second-order valence-corrected chi connectivity index (χ2v) is 5.58. The summed E-state index contributed by atoms with van der Waals surface area (Å²) in [6.45, 7) is 0.856. The Hall–Kier alpha value is -1.83. The molecule has 0 aromatic carbocycles. The normalized spacial score (nSPS) is 15.6. The maximum atomic E-state index is 12.1. The number of hydrogen-bond acceptors (Lipinski definition) is 4. The molecule has 0 saturated carbocycles. The fourth-order valence-corrected chi connectivity index (χ4v) is 2.55. The Morgan fingerprint density at radius 3 is 2.71 bits per heavy atom. The molecule has 0 bridgehead atoms. The molecule has 1 aliphatic rings. The van der Waals surface area contributed by atoms with Gasteiger partial charge < -0.3 is 20.1 Å². The van der Waals surface area contributed by atoms with E-state index < -0.39 is 6.09 Å². The molecule has 2 heterocycles. The Labute approximate surface area is 130 Å². The number of nitrogens with zero attached hydrogens (tertiary/aromatic N) is 2. The number of amides is 2. The first-order valence-electron chi connectivity index (χ1n) is 6.49. The molecular weight excluding hydrogens is 342 g/mol. The zero-order chi connectivity index (χ0) is 15.4. The molecule has 1 saturated heterocycles. The number of methoxy groups -OCH3 is 1. The number of piperidine rings is 1. The van der Waals surface area contributed by atoms with Gasteiger partial charge in [0.1, 0.15) is 11.4 Å². The van der Waals surface area contributed by atoms with Crippen molar-refractivity contribution in [2.45, 2.75) is 18.9 Å². The topological polar surface area (TPSA) is 91.8 Å². The summed E-state index contributed by atoms with van der Waals surface area (Å²) >= 11 is 3.28. The number of nitrogens with one attached hydrogen (secondary N) is 1. The van der Waals surface area contributed by atoms with E-state index >= 15 is 0 Å².